The first-order chi connectivity index (χ1) is 8.25. The molecule has 1 aromatic carbocycles. The highest BCUT2D eigenvalue weighted by Crippen LogP contribution is 2.26. The van der Waals surface area contributed by atoms with Crippen molar-refractivity contribution in [3.63, 3.8) is 0 Å². The SMILES string of the molecule is Nc1ccccc1-c1cn2c(Cl)cccc2n1. The fourth-order valence-electron chi connectivity index (χ4n) is 1.84. The number of fused-ring (bicyclic) bond motifs is 1. The molecular formula is C13H10ClN3. The van der Waals surface area contributed by atoms with Crippen molar-refractivity contribution in [2.45, 2.75) is 0 Å². The molecule has 0 unspecified atom stereocenters. The molecule has 0 saturated heterocycles. The topological polar surface area (TPSA) is 43.3 Å². The summed E-state index contributed by atoms with van der Waals surface area (Å²) in [5.74, 6) is 0. The summed E-state index contributed by atoms with van der Waals surface area (Å²) in [5.41, 5.74) is 9.21. The van der Waals surface area contributed by atoms with Crippen LogP contribution in [0.15, 0.2) is 48.7 Å². The Morgan fingerprint density at radius 3 is 2.65 bits per heavy atom. The van der Waals surface area contributed by atoms with E-state index < -0.39 is 0 Å². The number of nitrogens with two attached hydrogens (primary N) is 1. The van der Waals surface area contributed by atoms with Crippen molar-refractivity contribution in [1.29, 1.82) is 0 Å². The fourth-order valence-corrected chi connectivity index (χ4v) is 2.05. The summed E-state index contributed by atoms with van der Waals surface area (Å²) in [7, 11) is 0. The second-order valence-corrected chi connectivity index (χ2v) is 4.18. The van der Waals surface area contributed by atoms with Crippen LogP contribution in [0.2, 0.25) is 5.15 Å². The van der Waals surface area contributed by atoms with Crippen LogP contribution in [0.5, 0.6) is 0 Å². The second kappa shape index (κ2) is 3.79. The zero-order valence-corrected chi connectivity index (χ0v) is 9.72. The van der Waals surface area contributed by atoms with E-state index >= 15 is 0 Å². The van der Waals surface area contributed by atoms with Crippen LogP contribution in [-0.2, 0) is 0 Å². The highest BCUT2D eigenvalue weighted by atomic mass is 35.5. The Morgan fingerprint density at radius 2 is 1.88 bits per heavy atom. The molecule has 0 bridgehead atoms. The van der Waals surface area contributed by atoms with Gasteiger partial charge in [-0.15, -0.1) is 0 Å². The molecule has 4 heteroatoms. The fraction of sp³-hybridized carbons (Fsp3) is 0. The number of benzene rings is 1. The maximum Gasteiger partial charge on any atom is 0.138 e. The molecule has 3 aromatic rings. The van der Waals surface area contributed by atoms with E-state index in [-0.39, 0.29) is 0 Å². The van der Waals surface area contributed by atoms with Gasteiger partial charge in [0.2, 0.25) is 0 Å². The number of aromatic nitrogens is 2. The lowest BCUT2D eigenvalue weighted by atomic mass is 10.1. The first-order valence-electron chi connectivity index (χ1n) is 5.24. The van der Waals surface area contributed by atoms with Crippen LogP contribution in [-0.4, -0.2) is 9.38 Å². The Labute approximate surface area is 103 Å². The van der Waals surface area contributed by atoms with Gasteiger partial charge in [0.1, 0.15) is 10.8 Å². The summed E-state index contributed by atoms with van der Waals surface area (Å²) < 4.78 is 1.84. The minimum Gasteiger partial charge on any atom is -0.398 e. The minimum absolute atomic E-state index is 0.635. The van der Waals surface area contributed by atoms with Gasteiger partial charge in [-0.25, -0.2) is 4.98 Å². The molecule has 3 rings (SSSR count). The molecule has 84 valence electrons. The van der Waals surface area contributed by atoms with Gasteiger partial charge in [0.25, 0.3) is 0 Å². The van der Waals surface area contributed by atoms with E-state index in [1.165, 1.54) is 0 Å². The number of halogens is 1. The molecule has 0 saturated carbocycles. The van der Waals surface area contributed by atoms with E-state index in [1.807, 2.05) is 53.1 Å². The molecule has 3 nitrogen and oxygen atoms in total. The maximum absolute atomic E-state index is 6.09. The molecule has 0 radical (unpaired) electrons. The van der Waals surface area contributed by atoms with Gasteiger partial charge in [-0.3, -0.25) is 4.40 Å². The highest BCUT2D eigenvalue weighted by Gasteiger charge is 2.07. The minimum atomic E-state index is 0.635. The van der Waals surface area contributed by atoms with Crippen molar-refractivity contribution in [2.24, 2.45) is 0 Å². The lowest BCUT2D eigenvalue weighted by Gasteiger charge is -1.99. The van der Waals surface area contributed by atoms with Crippen molar-refractivity contribution in [1.82, 2.24) is 9.38 Å². The molecule has 0 spiro atoms. The standard InChI is InChI=1S/C13H10ClN3/c14-12-6-3-7-13-16-11(8-17(12)13)9-4-1-2-5-10(9)15/h1-8H,15H2. The molecule has 2 heterocycles. The summed E-state index contributed by atoms with van der Waals surface area (Å²) in [6.45, 7) is 0. The molecule has 0 atom stereocenters. The number of imidazole rings is 1. The zero-order chi connectivity index (χ0) is 11.8. The number of rotatable bonds is 1. The number of nitrogen functional groups attached to an aromatic ring is 1. The van der Waals surface area contributed by atoms with Gasteiger partial charge < -0.3 is 5.73 Å². The zero-order valence-electron chi connectivity index (χ0n) is 8.97. The Hall–Kier alpha value is -2.00. The number of pyridine rings is 1. The van der Waals surface area contributed by atoms with Gasteiger partial charge in [-0.2, -0.15) is 0 Å². The van der Waals surface area contributed by atoms with E-state index in [0.717, 1.165) is 16.9 Å². The number of hydrogen-bond acceptors (Lipinski definition) is 2. The van der Waals surface area contributed by atoms with Crippen molar-refractivity contribution in [3.8, 4) is 11.3 Å². The van der Waals surface area contributed by atoms with Crippen LogP contribution in [0.4, 0.5) is 5.69 Å². The lowest BCUT2D eigenvalue weighted by Crippen LogP contribution is -1.88. The summed E-state index contributed by atoms with van der Waals surface area (Å²) in [6.07, 6.45) is 1.89. The molecule has 0 aliphatic heterocycles. The van der Waals surface area contributed by atoms with Crippen LogP contribution < -0.4 is 5.73 Å². The Balaban J connectivity index is 2.26. The van der Waals surface area contributed by atoms with Gasteiger partial charge >= 0.3 is 0 Å². The van der Waals surface area contributed by atoms with Crippen molar-refractivity contribution in [2.75, 3.05) is 5.73 Å². The number of anilines is 1. The Morgan fingerprint density at radius 1 is 1.06 bits per heavy atom. The summed E-state index contributed by atoms with van der Waals surface area (Å²) in [4.78, 5) is 4.50. The van der Waals surface area contributed by atoms with Gasteiger partial charge in [0.05, 0.1) is 5.69 Å². The average molecular weight is 244 g/mol. The Bertz CT molecular complexity index is 688. The molecular weight excluding hydrogens is 234 g/mol. The van der Waals surface area contributed by atoms with E-state index in [9.17, 15) is 0 Å². The normalized spacial score (nSPS) is 10.9. The van der Waals surface area contributed by atoms with Crippen LogP contribution in [0.25, 0.3) is 16.9 Å². The molecule has 0 amide bonds. The third-order valence-electron chi connectivity index (χ3n) is 2.68. The molecule has 0 fully saturated rings. The van der Waals surface area contributed by atoms with Gasteiger partial charge in [0.15, 0.2) is 0 Å². The first-order valence-corrected chi connectivity index (χ1v) is 5.62. The van der Waals surface area contributed by atoms with E-state index in [2.05, 4.69) is 4.98 Å². The number of nitrogens with zero attached hydrogens (tertiary/aromatic N) is 2. The highest BCUT2D eigenvalue weighted by molar-refractivity contribution is 6.29. The van der Waals surface area contributed by atoms with Crippen molar-refractivity contribution in [3.05, 3.63) is 53.8 Å². The summed E-state index contributed by atoms with van der Waals surface area (Å²) in [6, 6.07) is 13.3. The maximum atomic E-state index is 6.09. The first kappa shape index (κ1) is 10.2. The van der Waals surface area contributed by atoms with E-state index in [1.54, 1.807) is 0 Å². The third kappa shape index (κ3) is 1.65. The molecule has 2 N–H and O–H groups in total. The van der Waals surface area contributed by atoms with E-state index in [4.69, 9.17) is 17.3 Å². The van der Waals surface area contributed by atoms with Crippen LogP contribution in [0.1, 0.15) is 0 Å². The van der Waals surface area contributed by atoms with Crippen LogP contribution in [0, 0.1) is 0 Å². The third-order valence-corrected chi connectivity index (χ3v) is 2.99. The van der Waals surface area contributed by atoms with E-state index in [0.29, 0.717) is 10.8 Å². The van der Waals surface area contributed by atoms with Crippen molar-refractivity contribution >= 4 is 22.9 Å². The summed E-state index contributed by atoms with van der Waals surface area (Å²) in [5, 5.41) is 0.635. The predicted molar refractivity (Wildman–Crippen MR) is 70.1 cm³/mol. The monoisotopic (exact) mass is 243 g/mol. The molecule has 0 aliphatic carbocycles. The summed E-state index contributed by atoms with van der Waals surface area (Å²) >= 11 is 6.09. The lowest BCUT2D eigenvalue weighted by molar-refractivity contribution is 1.19. The number of hydrogen-bond donors (Lipinski definition) is 1. The molecule has 0 aliphatic rings. The van der Waals surface area contributed by atoms with Gasteiger partial charge in [-0.1, -0.05) is 35.9 Å². The average Bonchev–Trinajstić information content (AvgIpc) is 2.75. The van der Waals surface area contributed by atoms with Crippen LogP contribution >= 0.6 is 11.6 Å². The van der Waals surface area contributed by atoms with Gasteiger partial charge in [-0.05, 0) is 18.2 Å². The largest absolute Gasteiger partial charge is 0.398 e. The molecule has 2 aromatic heterocycles. The number of para-hydroxylation sites is 1. The second-order valence-electron chi connectivity index (χ2n) is 3.79. The van der Waals surface area contributed by atoms with Crippen molar-refractivity contribution < 1.29 is 0 Å². The quantitative estimate of drug-likeness (QED) is 0.527. The Kier molecular flexibility index (Phi) is 2.27. The smallest absolute Gasteiger partial charge is 0.138 e. The predicted octanol–water partition coefficient (Wildman–Crippen LogP) is 3.24. The van der Waals surface area contributed by atoms with Gasteiger partial charge in [0, 0.05) is 17.4 Å². The van der Waals surface area contributed by atoms with Crippen LogP contribution in [0.3, 0.4) is 0 Å². The molecule has 17 heavy (non-hydrogen) atoms.